The largest absolute Gasteiger partial charge is 0.371 e. The van der Waals surface area contributed by atoms with Crippen molar-refractivity contribution in [3.8, 4) is 0 Å². The van der Waals surface area contributed by atoms with Crippen molar-refractivity contribution in [3.63, 3.8) is 0 Å². The number of nitrogens with zero attached hydrogens (tertiary/aromatic N) is 3. The fraction of sp³-hybridized carbons (Fsp3) is 0.364. The van der Waals surface area contributed by atoms with Crippen molar-refractivity contribution >= 4 is 28.4 Å². The molecule has 2 aromatic carbocycles. The number of anilines is 2. The molecular weight excluding hydrogens is 350 g/mol. The van der Waals surface area contributed by atoms with Crippen molar-refractivity contribution in [1.82, 2.24) is 14.9 Å². The second-order valence-electron chi connectivity index (χ2n) is 7.52. The number of rotatable bonds is 5. The van der Waals surface area contributed by atoms with Gasteiger partial charge in [-0.05, 0) is 42.7 Å². The minimum absolute atomic E-state index is 0.0762. The summed E-state index contributed by atoms with van der Waals surface area (Å²) in [4.78, 5) is 24.6. The molecule has 6 heteroatoms. The number of hydrogen-bond donors (Lipinski definition) is 2. The highest BCUT2D eigenvalue weighted by molar-refractivity contribution is 5.91. The lowest BCUT2D eigenvalue weighted by Crippen LogP contribution is -2.36. The summed E-state index contributed by atoms with van der Waals surface area (Å²) in [6.07, 6.45) is 1.97. The molecule has 2 amide bonds. The summed E-state index contributed by atoms with van der Waals surface area (Å²) in [5.41, 5.74) is 3.92. The van der Waals surface area contributed by atoms with E-state index in [1.807, 2.05) is 31.3 Å². The van der Waals surface area contributed by atoms with Crippen LogP contribution in [0.3, 0.4) is 0 Å². The lowest BCUT2D eigenvalue weighted by molar-refractivity contribution is 0.215. The number of fused-ring (bicyclic) bond motifs is 1. The Morgan fingerprint density at radius 2 is 2.11 bits per heavy atom. The van der Waals surface area contributed by atoms with Crippen molar-refractivity contribution < 1.29 is 4.79 Å². The summed E-state index contributed by atoms with van der Waals surface area (Å²) < 4.78 is 0. The van der Waals surface area contributed by atoms with Crippen LogP contribution in [0.1, 0.15) is 19.2 Å². The molecule has 1 aliphatic rings. The number of carbonyl (C=O) groups is 1. The highest BCUT2D eigenvalue weighted by Gasteiger charge is 2.25. The molecule has 3 aromatic rings. The molecule has 1 atom stereocenters. The average molecular weight is 377 g/mol. The Balaban J connectivity index is 1.33. The maximum atomic E-state index is 12.6. The molecule has 0 spiro atoms. The van der Waals surface area contributed by atoms with Gasteiger partial charge in [0.1, 0.15) is 5.82 Å². The van der Waals surface area contributed by atoms with Crippen LogP contribution in [-0.4, -0.2) is 47.6 Å². The van der Waals surface area contributed by atoms with Gasteiger partial charge in [-0.15, -0.1) is 0 Å². The Morgan fingerprint density at radius 3 is 2.89 bits per heavy atom. The van der Waals surface area contributed by atoms with E-state index >= 15 is 0 Å². The van der Waals surface area contributed by atoms with E-state index in [1.54, 1.807) is 4.90 Å². The number of urea groups is 1. The number of nitrogens with one attached hydrogen (secondary N) is 2. The fourth-order valence-corrected chi connectivity index (χ4v) is 3.85. The maximum absolute atomic E-state index is 12.6. The molecule has 2 heterocycles. The van der Waals surface area contributed by atoms with E-state index in [-0.39, 0.29) is 6.03 Å². The van der Waals surface area contributed by atoms with E-state index in [4.69, 9.17) is 0 Å². The Kier molecular flexibility index (Phi) is 5.19. The van der Waals surface area contributed by atoms with E-state index in [0.717, 1.165) is 55.0 Å². The zero-order valence-corrected chi connectivity index (χ0v) is 16.5. The van der Waals surface area contributed by atoms with Crippen LogP contribution in [0.4, 0.5) is 16.2 Å². The van der Waals surface area contributed by atoms with Crippen LogP contribution < -0.4 is 10.2 Å². The first-order valence-corrected chi connectivity index (χ1v) is 9.93. The van der Waals surface area contributed by atoms with E-state index < -0.39 is 0 Å². The lowest BCUT2D eigenvalue weighted by Gasteiger charge is -2.23. The van der Waals surface area contributed by atoms with Gasteiger partial charge in [-0.25, -0.2) is 9.78 Å². The second-order valence-corrected chi connectivity index (χ2v) is 7.52. The Morgan fingerprint density at radius 1 is 1.29 bits per heavy atom. The molecule has 4 rings (SSSR count). The van der Waals surface area contributed by atoms with Gasteiger partial charge in [-0.3, -0.25) is 0 Å². The molecule has 0 radical (unpaired) electrons. The third-order valence-electron chi connectivity index (χ3n) is 5.40. The van der Waals surface area contributed by atoms with Gasteiger partial charge in [0.25, 0.3) is 0 Å². The van der Waals surface area contributed by atoms with Crippen molar-refractivity contribution in [2.45, 2.75) is 19.8 Å². The summed E-state index contributed by atoms with van der Waals surface area (Å²) in [6.45, 7) is 4.85. The first kappa shape index (κ1) is 18.3. The molecule has 0 bridgehead atoms. The summed E-state index contributed by atoms with van der Waals surface area (Å²) in [7, 11) is 1.87. The van der Waals surface area contributed by atoms with Crippen molar-refractivity contribution in [2.24, 2.45) is 5.92 Å². The van der Waals surface area contributed by atoms with E-state index in [0.29, 0.717) is 5.92 Å². The normalized spacial score (nSPS) is 16.5. The molecule has 0 saturated carbocycles. The van der Waals surface area contributed by atoms with Gasteiger partial charge >= 0.3 is 6.03 Å². The van der Waals surface area contributed by atoms with Crippen molar-refractivity contribution in [2.75, 3.05) is 36.9 Å². The number of aromatic amines is 1. The van der Waals surface area contributed by atoms with Gasteiger partial charge in [-0.1, -0.05) is 25.1 Å². The SMILES string of the molecule is CCc1nc2ccc(NC(=O)N(C)CC3CCN(c4ccccc4)C3)cc2[nH]1. The standard InChI is InChI=1S/C22H27N5O/c1-3-21-24-19-10-9-17(13-20(19)25-21)23-22(28)26(2)14-16-11-12-27(15-16)18-7-5-4-6-8-18/h4-10,13,16H,3,11-12,14-15H2,1-2H3,(H,23,28)(H,24,25). The number of para-hydroxylation sites is 1. The number of amides is 2. The number of hydrogen-bond acceptors (Lipinski definition) is 3. The first-order chi connectivity index (χ1) is 13.6. The van der Waals surface area contributed by atoms with Crippen LogP contribution >= 0.6 is 0 Å². The Labute approximate surface area is 165 Å². The fourth-order valence-electron chi connectivity index (χ4n) is 3.85. The van der Waals surface area contributed by atoms with Crippen molar-refractivity contribution in [1.29, 1.82) is 0 Å². The van der Waals surface area contributed by atoms with Gasteiger partial charge in [-0.2, -0.15) is 0 Å². The molecule has 1 aromatic heterocycles. The summed E-state index contributed by atoms with van der Waals surface area (Å²) in [6, 6.07) is 16.2. The minimum Gasteiger partial charge on any atom is -0.371 e. The number of imidazole rings is 1. The highest BCUT2D eigenvalue weighted by Crippen LogP contribution is 2.24. The molecule has 0 aliphatic carbocycles. The molecule has 146 valence electrons. The van der Waals surface area contributed by atoms with Crippen LogP contribution in [0.25, 0.3) is 11.0 Å². The third-order valence-corrected chi connectivity index (χ3v) is 5.40. The molecule has 6 nitrogen and oxygen atoms in total. The van der Waals surface area contributed by atoms with Crippen LogP contribution in [0, 0.1) is 5.92 Å². The average Bonchev–Trinajstić information content (AvgIpc) is 3.35. The molecule has 28 heavy (non-hydrogen) atoms. The summed E-state index contributed by atoms with van der Waals surface area (Å²) >= 11 is 0. The van der Waals surface area contributed by atoms with E-state index in [9.17, 15) is 4.79 Å². The van der Waals surface area contributed by atoms with Gasteiger partial charge < -0.3 is 20.1 Å². The quantitative estimate of drug-likeness (QED) is 0.703. The smallest absolute Gasteiger partial charge is 0.321 e. The van der Waals surface area contributed by atoms with E-state index in [1.165, 1.54) is 5.69 Å². The highest BCUT2D eigenvalue weighted by atomic mass is 16.2. The molecule has 1 unspecified atom stereocenters. The predicted molar refractivity (Wildman–Crippen MR) is 114 cm³/mol. The summed E-state index contributed by atoms with van der Waals surface area (Å²) in [5, 5.41) is 3.00. The molecule has 1 aliphatic heterocycles. The van der Waals surface area contributed by atoms with Gasteiger partial charge in [0.15, 0.2) is 0 Å². The molecule has 1 saturated heterocycles. The van der Waals surface area contributed by atoms with Crippen LogP contribution in [0.5, 0.6) is 0 Å². The number of benzene rings is 2. The zero-order valence-electron chi connectivity index (χ0n) is 16.5. The van der Waals surface area contributed by atoms with Crippen LogP contribution in [0.15, 0.2) is 48.5 Å². The Bertz CT molecular complexity index is 952. The number of H-pyrrole nitrogens is 1. The zero-order chi connectivity index (χ0) is 19.5. The lowest BCUT2D eigenvalue weighted by atomic mass is 10.1. The molecule has 2 N–H and O–H groups in total. The van der Waals surface area contributed by atoms with E-state index in [2.05, 4.69) is 51.4 Å². The minimum atomic E-state index is -0.0762. The monoisotopic (exact) mass is 377 g/mol. The number of aromatic nitrogens is 2. The maximum Gasteiger partial charge on any atom is 0.321 e. The molecular formula is C22H27N5O. The van der Waals surface area contributed by atoms with Gasteiger partial charge in [0.2, 0.25) is 0 Å². The second kappa shape index (κ2) is 7.92. The first-order valence-electron chi connectivity index (χ1n) is 9.93. The van der Waals surface area contributed by atoms with Crippen LogP contribution in [0.2, 0.25) is 0 Å². The van der Waals surface area contributed by atoms with Crippen LogP contribution in [-0.2, 0) is 6.42 Å². The molecule has 1 fully saturated rings. The summed E-state index contributed by atoms with van der Waals surface area (Å²) in [5.74, 6) is 1.44. The third kappa shape index (κ3) is 3.96. The van der Waals surface area contributed by atoms with Gasteiger partial charge in [0, 0.05) is 44.5 Å². The predicted octanol–water partition coefficient (Wildman–Crippen LogP) is 4.12. The Hall–Kier alpha value is -3.02. The number of aryl methyl sites for hydroxylation is 1. The number of carbonyl (C=O) groups excluding carboxylic acids is 1. The van der Waals surface area contributed by atoms with Gasteiger partial charge in [0.05, 0.1) is 11.0 Å². The topological polar surface area (TPSA) is 64.3 Å². The van der Waals surface area contributed by atoms with Crippen molar-refractivity contribution in [3.05, 3.63) is 54.4 Å².